The second kappa shape index (κ2) is 6.60. The molecule has 0 aromatic heterocycles. The van der Waals surface area contributed by atoms with Crippen molar-refractivity contribution in [3.63, 3.8) is 0 Å². The van der Waals surface area contributed by atoms with E-state index in [0.717, 1.165) is 16.8 Å². The Morgan fingerprint density at radius 2 is 1.91 bits per heavy atom. The van der Waals surface area contributed by atoms with Crippen molar-refractivity contribution in [1.29, 1.82) is 0 Å². The Hall–Kier alpha value is -2.69. The minimum Gasteiger partial charge on any atom is -0.382 e. The molecule has 2 unspecified atom stereocenters. The summed E-state index contributed by atoms with van der Waals surface area (Å²) in [5, 5.41) is 6.88. The Labute approximate surface area is 134 Å². The predicted octanol–water partition coefficient (Wildman–Crippen LogP) is 3.20. The van der Waals surface area contributed by atoms with Gasteiger partial charge in [-0.05, 0) is 30.2 Å². The number of nitrogens with zero attached hydrogens (tertiary/aromatic N) is 1. The number of halogens is 1. The number of oxime groups is 1. The van der Waals surface area contributed by atoms with Crippen LogP contribution in [0.25, 0.3) is 0 Å². The normalized spacial score (nSPS) is 18.0. The van der Waals surface area contributed by atoms with Crippen molar-refractivity contribution in [2.75, 3.05) is 0 Å². The highest BCUT2D eigenvalue weighted by Gasteiger charge is 2.29. The molecule has 1 aliphatic rings. The molecule has 0 fully saturated rings. The quantitative estimate of drug-likeness (QED) is 0.942. The fourth-order valence-electron chi connectivity index (χ4n) is 2.46. The molecule has 0 radical (unpaired) electrons. The molecule has 0 aliphatic carbocycles. The van der Waals surface area contributed by atoms with Crippen molar-refractivity contribution in [3.05, 3.63) is 71.5 Å². The Balaban J connectivity index is 1.59. The molecular formula is C18H17FN2O2. The van der Waals surface area contributed by atoms with Crippen LogP contribution in [0, 0.1) is 5.82 Å². The van der Waals surface area contributed by atoms with Crippen LogP contribution in [0.3, 0.4) is 0 Å². The molecule has 2 aromatic carbocycles. The van der Waals surface area contributed by atoms with Crippen LogP contribution >= 0.6 is 0 Å². The summed E-state index contributed by atoms with van der Waals surface area (Å²) >= 11 is 0. The highest BCUT2D eigenvalue weighted by molar-refractivity contribution is 6.04. The summed E-state index contributed by atoms with van der Waals surface area (Å²) in [4.78, 5) is 17.5. The van der Waals surface area contributed by atoms with Gasteiger partial charge >= 0.3 is 0 Å². The molecule has 0 saturated carbocycles. The Bertz CT molecular complexity index is 714. The zero-order valence-corrected chi connectivity index (χ0v) is 12.7. The average molecular weight is 312 g/mol. The first-order valence-corrected chi connectivity index (χ1v) is 7.47. The predicted molar refractivity (Wildman–Crippen MR) is 85.4 cm³/mol. The van der Waals surface area contributed by atoms with Crippen LogP contribution in [0.1, 0.15) is 30.5 Å². The van der Waals surface area contributed by atoms with E-state index < -0.39 is 6.10 Å². The standard InChI is InChI=1S/C18H17FN2O2/c1-12(13-7-9-15(19)10-8-13)20-18(22)17-11-16(21-23-17)14-5-3-2-4-6-14/h2-10,12,17H,11H2,1H3,(H,20,22). The molecule has 5 heteroatoms. The van der Waals surface area contributed by atoms with Crippen molar-refractivity contribution in [3.8, 4) is 0 Å². The SMILES string of the molecule is CC(NC(=O)C1CC(c2ccccc2)=NO1)c1ccc(F)cc1. The molecule has 23 heavy (non-hydrogen) atoms. The van der Waals surface area contributed by atoms with Crippen LogP contribution in [0.4, 0.5) is 4.39 Å². The molecule has 0 saturated heterocycles. The van der Waals surface area contributed by atoms with Gasteiger partial charge in [-0.25, -0.2) is 4.39 Å². The van der Waals surface area contributed by atoms with E-state index in [0.29, 0.717) is 6.42 Å². The third-order valence-electron chi connectivity index (χ3n) is 3.80. The number of hydrogen-bond donors (Lipinski definition) is 1. The van der Waals surface area contributed by atoms with Crippen LogP contribution in [0.2, 0.25) is 0 Å². The summed E-state index contributed by atoms with van der Waals surface area (Å²) in [6.45, 7) is 1.85. The number of carbonyl (C=O) groups is 1. The summed E-state index contributed by atoms with van der Waals surface area (Å²) in [7, 11) is 0. The van der Waals surface area contributed by atoms with Gasteiger partial charge in [0, 0.05) is 6.42 Å². The third-order valence-corrected chi connectivity index (χ3v) is 3.80. The number of hydrogen-bond acceptors (Lipinski definition) is 3. The third kappa shape index (κ3) is 3.56. The fourth-order valence-corrected chi connectivity index (χ4v) is 2.46. The van der Waals surface area contributed by atoms with Gasteiger partial charge in [-0.2, -0.15) is 0 Å². The number of carbonyl (C=O) groups excluding carboxylic acids is 1. The van der Waals surface area contributed by atoms with Crippen molar-refractivity contribution >= 4 is 11.6 Å². The molecule has 0 bridgehead atoms. The largest absolute Gasteiger partial charge is 0.382 e. The highest BCUT2D eigenvalue weighted by Crippen LogP contribution is 2.19. The molecule has 2 atom stereocenters. The number of nitrogens with one attached hydrogen (secondary N) is 1. The summed E-state index contributed by atoms with van der Waals surface area (Å²) in [5.74, 6) is -0.524. The van der Waals surface area contributed by atoms with E-state index in [1.54, 1.807) is 12.1 Å². The van der Waals surface area contributed by atoms with Gasteiger partial charge < -0.3 is 10.2 Å². The Morgan fingerprint density at radius 3 is 2.61 bits per heavy atom. The van der Waals surface area contributed by atoms with E-state index in [9.17, 15) is 9.18 Å². The topological polar surface area (TPSA) is 50.7 Å². The molecule has 2 aromatic rings. The van der Waals surface area contributed by atoms with Crippen LogP contribution in [0.15, 0.2) is 59.8 Å². The Morgan fingerprint density at radius 1 is 1.22 bits per heavy atom. The van der Waals surface area contributed by atoms with E-state index in [1.165, 1.54) is 12.1 Å². The van der Waals surface area contributed by atoms with E-state index >= 15 is 0 Å². The van der Waals surface area contributed by atoms with Gasteiger partial charge in [0.2, 0.25) is 6.10 Å². The second-order valence-electron chi connectivity index (χ2n) is 5.48. The van der Waals surface area contributed by atoms with Crippen LogP contribution in [-0.4, -0.2) is 17.7 Å². The lowest BCUT2D eigenvalue weighted by Crippen LogP contribution is -2.36. The molecule has 1 heterocycles. The van der Waals surface area contributed by atoms with Gasteiger partial charge in [-0.1, -0.05) is 47.6 Å². The molecular weight excluding hydrogens is 295 g/mol. The Kier molecular flexibility index (Phi) is 4.37. The lowest BCUT2D eigenvalue weighted by molar-refractivity contribution is -0.131. The fraction of sp³-hybridized carbons (Fsp3) is 0.222. The zero-order chi connectivity index (χ0) is 16.2. The first-order valence-electron chi connectivity index (χ1n) is 7.47. The first kappa shape index (κ1) is 15.2. The number of rotatable bonds is 4. The van der Waals surface area contributed by atoms with Gasteiger partial charge in [0.05, 0.1) is 11.8 Å². The van der Waals surface area contributed by atoms with Crippen LogP contribution in [-0.2, 0) is 9.63 Å². The van der Waals surface area contributed by atoms with Crippen LogP contribution in [0.5, 0.6) is 0 Å². The molecule has 1 N–H and O–H groups in total. The molecule has 3 rings (SSSR count). The lowest BCUT2D eigenvalue weighted by atomic mass is 10.0. The van der Waals surface area contributed by atoms with Gasteiger partial charge in [-0.15, -0.1) is 0 Å². The molecule has 1 aliphatic heterocycles. The zero-order valence-electron chi connectivity index (χ0n) is 12.7. The summed E-state index contributed by atoms with van der Waals surface area (Å²) in [5.41, 5.74) is 2.55. The summed E-state index contributed by atoms with van der Waals surface area (Å²) in [6.07, 6.45) is -0.195. The second-order valence-corrected chi connectivity index (χ2v) is 5.48. The van der Waals surface area contributed by atoms with Crippen molar-refractivity contribution in [1.82, 2.24) is 5.32 Å². The average Bonchev–Trinajstić information content (AvgIpc) is 3.06. The summed E-state index contributed by atoms with van der Waals surface area (Å²) < 4.78 is 12.9. The minimum atomic E-state index is -0.631. The molecule has 118 valence electrons. The first-order chi connectivity index (χ1) is 11.1. The van der Waals surface area contributed by atoms with E-state index in [4.69, 9.17) is 4.84 Å². The molecule has 0 spiro atoms. The minimum absolute atomic E-state index is 0.225. The highest BCUT2D eigenvalue weighted by atomic mass is 19.1. The number of benzene rings is 2. The summed E-state index contributed by atoms with van der Waals surface area (Å²) in [6, 6.07) is 15.5. The van der Waals surface area contributed by atoms with Crippen molar-refractivity contribution < 1.29 is 14.0 Å². The molecule has 1 amide bonds. The van der Waals surface area contributed by atoms with Crippen LogP contribution < -0.4 is 5.32 Å². The van der Waals surface area contributed by atoms with E-state index in [1.807, 2.05) is 37.3 Å². The van der Waals surface area contributed by atoms with Gasteiger partial charge in [0.15, 0.2) is 0 Å². The monoisotopic (exact) mass is 312 g/mol. The van der Waals surface area contributed by atoms with Gasteiger partial charge in [0.25, 0.3) is 5.91 Å². The smallest absolute Gasteiger partial charge is 0.264 e. The number of amides is 1. The van der Waals surface area contributed by atoms with Gasteiger partial charge in [-0.3, -0.25) is 4.79 Å². The maximum absolute atomic E-state index is 12.9. The maximum atomic E-state index is 12.9. The lowest BCUT2D eigenvalue weighted by Gasteiger charge is -2.16. The maximum Gasteiger partial charge on any atom is 0.264 e. The van der Waals surface area contributed by atoms with Crippen molar-refractivity contribution in [2.45, 2.75) is 25.5 Å². The van der Waals surface area contributed by atoms with Gasteiger partial charge in [0.1, 0.15) is 5.82 Å². The van der Waals surface area contributed by atoms with E-state index in [2.05, 4.69) is 10.5 Å². The molecule has 4 nitrogen and oxygen atoms in total. The van der Waals surface area contributed by atoms with Crippen molar-refractivity contribution in [2.24, 2.45) is 5.16 Å². The van der Waals surface area contributed by atoms with E-state index in [-0.39, 0.29) is 17.8 Å².